The lowest BCUT2D eigenvalue weighted by molar-refractivity contribution is -0.134. The summed E-state index contributed by atoms with van der Waals surface area (Å²) in [5, 5.41) is 13.4. The minimum atomic E-state index is -1.24. The summed E-state index contributed by atoms with van der Waals surface area (Å²) in [7, 11) is 1.54. The Labute approximate surface area is 168 Å². The van der Waals surface area contributed by atoms with Crippen LogP contribution in [0.5, 0.6) is 5.75 Å². The molecule has 0 bridgehead atoms. The number of hydrogen-bond acceptors (Lipinski definition) is 6. The number of hydrogen-bond donors (Lipinski definition) is 2. The van der Waals surface area contributed by atoms with E-state index in [-0.39, 0.29) is 6.54 Å². The van der Waals surface area contributed by atoms with Crippen molar-refractivity contribution in [2.24, 2.45) is 10.2 Å². The Morgan fingerprint density at radius 1 is 1.28 bits per heavy atom. The number of ether oxygens (including phenoxy) is 1. The molecule has 1 atom stereocenters. The number of benzene rings is 1. The van der Waals surface area contributed by atoms with E-state index < -0.39 is 29.0 Å². The molecule has 1 aromatic carbocycles. The molecular weight excluding hydrogens is 374 g/mol. The van der Waals surface area contributed by atoms with E-state index in [2.05, 4.69) is 26.8 Å². The molecule has 2 N–H and O–H groups in total. The molecule has 9 nitrogen and oxygen atoms in total. The van der Waals surface area contributed by atoms with Gasteiger partial charge in [0.05, 0.1) is 7.11 Å². The second kappa shape index (κ2) is 7.91. The zero-order valence-corrected chi connectivity index (χ0v) is 16.4. The normalized spacial score (nSPS) is 21.5. The zero-order chi connectivity index (χ0) is 21.1. The van der Waals surface area contributed by atoms with Gasteiger partial charge in [-0.1, -0.05) is 12.1 Å². The van der Waals surface area contributed by atoms with Crippen molar-refractivity contribution in [2.45, 2.75) is 37.4 Å². The first kappa shape index (κ1) is 20.3. The average Bonchev–Trinajstić information content (AvgIpc) is 3.45. The third-order valence-electron chi connectivity index (χ3n) is 5.14. The van der Waals surface area contributed by atoms with E-state index >= 15 is 0 Å². The molecule has 0 aromatic heterocycles. The third kappa shape index (κ3) is 4.21. The van der Waals surface area contributed by atoms with Crippen molar-refractivity contribution in [1.29, 1.82) is 0 Å². The fraction of sp³-hybridized carbons (Fsp3) is 0.450. The SMILES string of the molecule is C#CCCC1(CCNC(=O)CN2C(=O)NC(C)(c3ccc(OC)cc3)C2=O)N=N1. The third-order valence-corrected chi connectivity index (χ3v) is 5.14. The second-order valence-electron chi connectivity index (χ2n) is 7.16. The van der Waals surface area contributed by atoms with Crippen LogP contribution in [-0.2, 0) is 15.1 Å². The Hall–Kier alpha value is -3.41. The van der Waals surface area contributed by atoms with Crippen LogP contribution >= 0.6 is 0 Å². The van der Waals surface area contributed by atoms with Gasteiger partial charge in [0, 0.05) is 25.8 Å². The Morgan fingerprint density at radius 3 is 2.55 bits per heavy atom. The Balaban J connectivity index is 1.55. The predicted molar refractivity (Wildman–Crippen MR) is 104 cm³/mol. The number of carbonyl (C=O) groups is 3. The van der Waals surface area contributed by atoms with Gasteiger partial charge in [-0.25, -0.2) is 4.79 Å². The summed E-state index contributed by atoms with van der Waals surface area (Å²) in [6.07, 6.45) is 6.99. The fourth-order valence-corrected chi connectivity index (χ4v) is 3.23. The van der Waals surface area contributed by atoms with Crippen LogP contribution in [0.4, 0.5) is 4.79 Å². The van der Waals surface area contributed by atoms with Crippen molar-refractivity contribution in [3.63, 3.8) is 0 Å². The largest absolute Gasteiger partial charge is 0.497 e. The Bertz CT molecular complexity index is 883. The number of carbonyl (C=O) groups excluding carboxylic acids is 3. The van der Waals surface area contributed by atoms with Gasteiger partial charge in [-0.3, -0.25) is 14.5 Å². The van der Waals surface area contributed by atoms with Gasteiger partial charge < -0.3 is 15.4 Å². The maximum atomic E-state index is 12.9. The van der Waals surface area contributed by atoms with Gasteiger partial charge in [-0.2, -0.15) is 10.2 Å². The number of nitrogens with one attached hydrogen (secondary N) is 2. The molecule has 0 saturated carbocycles. The standard InChI is InChI=1S/C20H23N5O4/c1-4-5-10-20(23-24-20)11-12-21-16(26)13-25-17(27)19(2,22-18(25)28)14-6-8-15(29-3)9-7-14/h1,6-9H,5,10-13H2,2-3H3,(H,21,26)(H,22,28). The van der Waals surface area contributed by atoms with Crippen LogP contribution in [0.15, 0.2) is 34.5 Å². The van der Waals surface area contributed by atoms with Crippen molar-refractivity contribution in [3.05, 3.63) is 29.8 Å². The smallest absolute Gasteiger partial charge is 0.325 e. The number of rotatable bonds is 9. The first-order valence-electron chi connectivity index (χ1n) is 9.26. The van der Waals surface area contributed by atoms with Crippen LogP contribution in [-0.4, -0.2) is 48.6 Å². The van der Waals surface area contributed by atoms with E-state index in [0.717, 1.165) is 4.90 Å². The average molecular weight is 397 g/mol. The maximum Gasteiger partial charge on any atom is 0.325 e. The van der Waals surface area contributed by atoms with Crippen molar-refractivity contribution in [2.75, 3.05) is 20.2 Å². The molecule has 3 rings (SSSR count). The molecule has 1 fully saturated rings. The van der Waals surface area contributed by atoms with Crippen LogP contribution < -0.4 is 15.4 Å². The fourth-order valence-electron chi connectivity index (χ4n) is 3.23. The van der Waals surface area contributed by atoms with E-state index in [1.165, 1.54) is 0 Å². The summed E-state index contributed by atoms with van der Waals surface area (Å²) in [5.41, 5.74) is -1.13. The lowest BCUT2D eigenvalue weighted by Gasteiger charge is -2.22. The van der Waals surface area contributed by atoms with E-state index in [1.807, 2.05) is 0 Å². The summed E-state index contributed by atoms with van der Waals surface area (Å²) < 4.78 is 5.12. The van der Waals surface area contributed by atoms with Crippen molar-refractivity contribution < 1.29 is 19.1 Å². The highest BCUT2D eigenvalue weighted by atomic mass is 16.5. The first-order chi connectivity index (χ1) is 13.8. The lowest BCUT2D eigenvalue weighted by Crippen LogP contribution is -2.43. The first-order valence-corrected chi connectivity index (χ1v) is 9.26. The van der Waals surface area contributed by atoms with E-state index in [9.17, 15) is 14.4 Å². The molecule has 2 aliphatic heterocycles. The Kier molecular flexibility index (Phi) is 5.55. The van der Waals surface area contributed by atoms with Crippen LogP contribution in [0.3, 0.4) is 0 Å². The van der Waals surface area contributed by atoms with Gasteiger partial charge in [0.2, 0.25) is 5.91 Å². The molecule has 2 heterocycles. The van der Waals surface area contributed by atoms with Gasteiger partial charge in [0.25, 0.3) is 5.91 Å². The quantitative estimate of drug-likeness (QED) is 0.486. The molecule has 1 aromatic rings. The molecule has 1 saturated heterocycles. The van der Waals surface area contributed by atoms with Crippen molar-refractivity contribution in [1.82, 2.24) is 15.5 Å². The number of amides is 4. The van der Waals surface area contributed by atoms with E-state index in [1.54, 1.807) is 38.3 Å². The minimum Gasteiger partial charge on any atom is -0.497 e. The number of nitrogens with zero attached hydrogens (tertiary/aromatic N) is 3. The molecule has 1 unspecified atom stereocenters. The van der Waals surface area contributed by atoms with E-state index in [0.29, 0.717) is 37.1 Å². The van der Waals surface area contributed by atoms with Crippen molar-refractivity contribution in [3.8, 4) is 18.1 Å². The van der Waals surface area contributed by atoms with Gasteiger partial charge in [0.1, 0.15) is 17.8 Å². The van der Waals surface area contributed by atoms with Gasteiger partial charge in [-0.15, -0.1) is 12.3 Å². The second-order valence-corrected chi connectivity index (χ2v) is 7.16. The van der Waals surface area contributed by atoms with Crippen LogP contribution in [0, 0.1) is 12.3 Å². The van der Waals surface area contributed by atoms with Crippen LogP contribution in [0.1, 0.15) is 31.7 Å². The van der Waals surface area contributed by atoms with Gasteiger partial charge in [0.15, 0.2) is 5.66 Å². The highest BCUT2D eigenvalue weighted by molar-refractivity contribution is 6.09. The molecule has 9 heteroatoms. The monoisotopic (exact) mass is 397 g/mol. The highest BCUT2D eigenvalue weighted by Crippen LogP contribution is 2.36. The van der Waals surface area contributed by atoms with Gasteiger partial charge >= 0.3 is 6.03 Å². The minimum absolute atomic E-state index is 0.329. The topological polar surface area (TPSA) is 112 Å². The van der Waals surface area contributed by atoms with Crippen LogP contribution in [0.2, 0.25) is 0 Å². The predicted octanol–water partition coefficient (Wildman–Crippen LogP) is 1.54. The Morgan fingerprint density at radius 2 is 1.97 bits per heavy atom. The molecule has 2 aliphatic rings. The molecule has 0 radical (unpaired) electrons. The molecular formula is C20H23N5O4. The zero-order valence-electron chi connectivity index (χ0n) is 16.4. The van der Waals surface area contributed by atoms with Crippen molar-refractivity contribution >= 4 is 17.8 Å². The molecule has 0 spiro atoms. The highest BCUT2D eigenvalue weighted by Gasteiger charge is 2.49. The number of imide groups is 1. The number of urea groups is 1. The summed E-state index contributed by atoms with van der Waals surface area (Å²) in [6.45, 7) is 1.58. The van der Waals surface area contributed by atoms with Crippen LogP contribution in [0.25, 0.3) is 0 Å². The molecule has 152 valence electrons. The molecule has 29 heavy (non-hydrogen) atoms. The number of terminal acetylenes is 1. The summed E-state index contributed by atoms with van der Waals surface area (Å²) in [5.74, 6) is 2.27. The molecule has 4 amide bonds. The number of methoxy groups -OCH3 is 1. The lowest BCUT2D eigenvalue weighted by atomic mass is 9.92. The molecule has 0 aliphatic carbocycles. The van der Waals surface area contributed by atoms with E-state index in [4.69, 9.17) is 11.2 Å². The maximum absolute atomic E-state index is 12.9. The summed E-state index contributed by atoms with van der Waals surface area (Å²) in [4.78, 5) is 38.4. The summed E-state index contributed by atoms with van der Waals surface area (Å²) >= 11 is 0. The summed E-state index contributed by atoms with van der Waals surface area (Å²) in [6, 6.07) is 6.22. The van der Waals surface area contributed by atoms with Gasteiger partial charge in [-0.05, 0) is 24.6 Å².